The standard InChI is InChI=1S/C25H29N3O2/c1-16-23(18-8-11-20(15-18)26-24(29)22-7-6-14-30-22)17(2)28(27-16)21-12-9-19(10-13-21)25(3,4)5/h6-14,18,20H,15H2,1-5H3,(H,26,29)/t18-,20+/m0/s1. The average Bonchev–Trinajstić information content (AvgIpc) is 3.42. The van der Waals surface area contributed by atoms with E-state index >= 15 is 0 Å². The van der Waals surface area contributed by atoms with E-state index in [1.54, 1.807) is 12.1 Å². The Labute approximate surface area is 177 Å². The van der Waals surface area contributed by atoms with Crippen molar-refractivity contribution in [1.82, 2.24) is 15.1 Å². The van der Waals surface area contributed by atoms with Crippen LogP contribution in [0, 0.1) is 13.8 Å². The van der Waals surface area contributed by atoms with Gasteiger partial charge in [-0.15, -0.1) is 0 Å². The molecule has 4 rings (SSSR count). The maximum Gasteiger partial charge on any atom is 0.287 e. The molecule has 5 heteroatoms. The highest BCUT2D eigenvalue weighted by atomic mass is 16.3. The molecular formula is C25H29N3O2. The Kier molecular flexibility index (Phi) is 5.14. The van der Waals surface area contributed by atoms with Gasteiger partial charge in [0, 0.05) is 23.2 Å². The molecule has 1 aliphatic carbocycles. The summed E-state index contributed by atoms with van der Waals surface area (Å²) in [4.78, 5) is 12.3. The number of carbonyl (C=O) groups excluding carboxylic acids is 1. The lowest BCUT2D eigenvalue weighted by Crippen LogP contribution is -2.32. The molecule has 1 aromatic carbocycles. The molecule has 30 heavy (non-hydrogen) atoms. The molecule has 1 amide bonds. The largest absolute Gasteiger partial charge is 0.459 e. The van der Waals surface area contributed by atoms with Crippen molar-refractivity contribution in [3.8, 4) is 5.69 Å². The van der Waals surface area contributed by atoms with Crippen LogP contribution < -0.4 is 5.32 Å². The monoisotopic (exact) mass is 403 g/mol. The highest BCUT2D eigenvalue weighted by Gasteiger charge is 2.27. The number of allylic oxidation sites excluding steroid dienone is 1. The van der Waals surface area contributed by atoms with Gasteiger partial charge in [0.15, 0.2) is 5.76 Å². The predicted molar refractivity (Wildman–Crippen MR) is 118 cm³/mol. The van der Waals surface area contributed by atoms with Gasteiger partial charge in [-0.3, -0.25) is 4.79 Å². The Balaban J connectivity index is 1.52. The third-order valence-corrected chi connectivity index (χ3v) is 5.84. The Morgan fingerprint density at radius 3 is 2.50 bits per heavy atom. The predicted octanol–water partition coefficient (Wildman–Crippen LogP) is 5.22. The number of furan rings is 1. The number of carbonyl (C=O) groups is 1. The van der Waals surface area contributed by atoms with Crippen LogP contribution in [0.3, 0.4) is 0 Å². The van der Waals surface area contributed by atoms with E-state index in [1.807, 2.05) is 4.68 Å². The summed E-state index contributed by atoms with van der Waals surface area (Å²) in [6, 6.07) is 12.0. The van der Waals surface area contributed by atoms with Crippen LogP contribution >= 0.6 is 0 Å². The molecule has 0 fully saturated rings. The lowest BCUT2D eigenvalue weighted by molar-refractivity contribution is 0.0916. The van der Waals surface area contributed by atoms with Gasteiger partial charge in [-0.1, -0.05) is 45.1 Å². The highest BCUT2D eigenvalue weighted by Crippen LogP contribution is 2.34. The molecule has 0 aliphatic heterocycles. The van der Waals surface area contributed by atoms with Gasteiger partial charge in [-0.05, 0) is 55.5 Å². The zero-order chi connectivity index (χ0) is 21.5. The molecule has 3 aromatic rings. The fourth-order valence-corrected chi connectivity index (χ4v) is 4.21. The summed E-state index contributed by atoms with van der Waals surface area (Å²) < 4.78 is 7.21. The van der Waals surface area contributed by atoms with E-state index in [0.29, 0.717) is 5.76 Å². The summed E-state index contributed by atoms with van der Waals surface area (Å²) in [6.45, 7) is 10.8. The molecule has 0 bridgehead atoms. The molecule has 0 unspecified atom stereocenters. The summed E-state index contributed by atoms with van der Waals surface area (Å²) in [5, 5.41) is 7.86. The first-order chi connectivity index (χ1) is 14.2. The Bertz CT molecular complexity index is 1070. The molecule has 2 heterocycles. The molecule has 2 atom stereocenters. The average molecular weight is 404 g/mol. The second kappa shape index (κ2) is 7.63. The number of nitrogens with zero attached hydrogens (tertiary/aromatic N) is 2. The smallest absolute Gasteiger partial charge is 0.287 e. The first-order valence-corrected chi connectivity index (χ1v) is 10.4. The van der Waals surface area contributed by atoms with Crippen LogP contribution in [0.25, 0.3) is 5.69 Å². The van der Waals surface area contributed by atoms with E-state index in [4.69, 9.17) is 9.52 Å². The number of aromatic nitrogens is 2. The molecule has 5 nitrogen and oxygen atoms in total. The number of hydrogen-bond donors (Lipinski definition) is 1. The zero-order valence-corrected chi connectivity index (χ0v) is 18.3. The molecular weight excluding hydrogens is 374 g/mol. The van der Waals surface area contributed by atoms with Crippen LogP contribution in [-0.2, 0) is 5.41 Å². The molecule has 0 spiro atoms. The van der Waals surface area contributed by atoms with Gasteiger partial charge in [0.25, 0.3) is 5.91 Å². The van der Waals surface area contributed by atoms with Crippen molar-refractivity contribution >= 4 is 5.91 Å². The fourth-order valence-electron chi connectivity index (χ4n) is 4.21. The summed E-state index contributed by atoms with van der Waals surface area (Å²) in [5.41, 5.74) is 5.91. The van der Waals surface area contributed by atoms with E-state index in [1.165, 1.54) is 17.4 Å². The van der Waals surface area contributed by atoms with Gasteiger partial charge in [0.05, 0.1) is 17.6 Å². The van der Waals surface area contributed by atoms with Crippen molar-refractivity contribution in [3.63, 3.8) is 0 Å². The quantitative estimate of drug-likeness (QED) is 0.608. The molecule has 1 aliphatic rings. The van der Waals surface area contributed by atoms with Crippen molar-refractivity contribution in [3.05, 3.63) is 83.1 Å². The van der Waals surface area contributed by atoms with E-state index in [-0.39, 0.29) is 23.3 Å². The molecule has 0 radical (unpaired) electrons. The van der Waals surface area contributed by atoms with Crippen molar-refractivity contribution in [1.29, 1.82) is 0 Å². The third-order valence-electron chi connectivity index (χ3n) is 5.84. The SMILES string of the molecule is Cc1nn(-c2ccc(C(C)(C)C)cc2)c(C)c1[C@H]1C=C[C@@H](NC(=O)c2ccco2)C1. The summed E-state index contributed by atoms with van der Waals surface area (Å²) in [7, 11) is 0. The number of amides is 1. The van der Waals surface area contributed by atoms with Crippen LogP contribution in [0.5, 0.6) is 0 Å². The summed E-state index contributed by atoms with van der Waals surface area (Å²) in [6.07, 6.45) is 6.58. The van der Waals surface area contributed by atoms with Crippen molar-refractivity contribution < 1.29 is 9.21 Å². The summed E-state index contributed by atoms with van der Waals surface area (Å²) in [5.74, 6) is 0.388. The molecule has 0 saturated carbocycles. The minimum Gasteiger partial charge on any atom is -0.459 e. The maximum atomic E-state index is 12.3. The molecule has 1 N–H and O–H groups in total. The third kappa shape index (κ3) is 3.84. The zero-order valence-electron chi connectivity index (χ0n) is 18.3. The summed E-state index contributed by atoms with van der Waals surface area (Å²) >= 11 is 0. The van der Waals surface area contributed by atoms with Gasteiger partial charge < -0.3 is 9.73 Å². The van der Waals surface area contributed by atoms with Crippen molar-refractivity contribution in [2.24, 2.45) is 0 Å². The Hall–Kier alpha value is -3.08. The van der Waals surface area contributed by atoms with Crippen LogP contribution in [-0.4, -0.2) is 21.7 Å². The fraction of sp³-hybridized carbons (Fsp3) is 0.360. The van der Waals surface area contributed by atoms with Crippen LogP contribution in [0.2, 0.25) is 0 Å². The number of nitrogens with one attached hydrogen (secondary N) is 1. The van der Waals surface area contributed by atoms with Gasteiger partial charge in [0.2, 0.25) is 0 Å². The Morgan fingerprint density at radius 1 is 1.13 bits per heavy atom. The van der Waals surface area contributed by atoms with E-state index in [2.05, 4.69) is 76.4 Å². The van der Waals surface area contributed by atoms with Gasteiger partial charge in [-0.2, -0.15) is 5.10 Å². The number of aryl methyl sites for hydroxylation is 1. The van der Waals surface area contributed by atoms with Gasteiger partial charge >= 0.3 is 0 Å². The number of hydrogen-bond acceptors (Lipinski definition) is 3. The Morgan fingerprint density at radius 2 is 1.87 bits per heavy atom. The topological polar surface area (TPSA) is 60.1 Å². The van der Waals surface area contributed by atoms with Crippen molar-refractivity contribution in [2.75, 3.05) is 0 Å². The second-order valence-electron chi connectivity index (χ2n) is 9.08. The second-order valence-corrected chi connectivity index (χ2v) is 9.08. The van der Waals surface area contributed by atoms with Crippen molar-refractivity contribution in [2.45, 2.75) is 58.4 Å². The molecule has 156 valence electrons. The highest BCUT2D eigenvalue weighted by molar-refractivity contribution is 5.91. The van der Waals surface area contributed by atoms with E-state index in [0.717, 1.165) is 23.5 Å². The lowest BCUT2D eigenvalue weighted by Gasteiger charge is -2.19. The normalized spacial score (nSPS) is 18.7. The minimum absolute atomic E-state index is 0.0131. The first-order valence-electron chi connectivity index (χ1n) is 10.4. The van der Waals surface area contributed by atoms with E-state index in [9.17, 15) is 4.79 Å². The van der Waals surface area contributed by atoms with Crippen LogP contribution in [0.4, 0.5) is 0 Å². The van der Waals surface area contributed by atoms with Crippen LogP contribution in [0.15, 0.2) is 59.2 Å². The molecule has 0 saturated heterocycles. The minimum atomic E-state index is -0.182. The maximum absolute atomic E-state index is 12.3. The van der Waals surface area contributed by atoms with Gasteiger partial charge in [-0.25, -0.2) is 4.68 Å². The molecule has 2 aromatic heterocycles. The number of benzene rings is 1. The first kappa shape index (κ1) is 20.2. The van der Waals surface area contributed by atoms with Gasteiger partial charge in [0.1, 0.15) is 0 Å². The number of rotatable bonds is 4. The lowest BCUT2D eigenvalue weighted by atomic mass is 9.87. The van der Waals surface area contributed by atoms with E-state index < -0.39 is 0 Å². The van der Waals surface area contributed by atoms with Crippen LogP contribution in [0.1, 0.15) is 66.2 Å².